The molecular weight excluding hydrogens is 356 g/mol. The van der Waals surface area contributed by atoms with Gasteiger partial charge in [0.2, 0.25) is 5.91 Å². The average molecular weight is 378 g/mol. The van der Waals surface area contributed by atoms with Crippen LogP contribution in [-0.2, 0) is 17.9 Å². The molecule has 7 nitrogen and oxygen atoms in total. The van der Waals surface area contributed by atoms with Crippen molar-refractivity contribution in [3.63, 3.8) is 0 Å². The van der Waals surface area contributed by atoms with Crippen molar-refractivity contribution < 1.29 is 9.53 Å². The fourth-order valence-corrected chi connectivity index (χ4v) is 2.64. The number of benzene rings is 1. The van der Waals surface area contributed by atoms with E-state index in [1.807, 2.05) is 49.4 Å². The molecule has 3 aromatic rings. The van der Waals surface area contributed by atoms with Crippen molar-refractivity contribution in [2.75, 3.05) is 6.61 Å². The lowest BCUT2D eigenvalue weighted by Crippen LogP contribution is -2.28. The van der Waals surface area contributed by atoms with Crippen LogP contribution >= 0.6 is 0 Å². The van der Waals surface area contributed by atoms with Crippen LogP contribution in [0.5, 0.6) is 5.75 Å². The van der Waals surface area contributed by atoms with Crippen LogP contribution < -0.4 is 15.6 Å². The van der Waals surface area contributed by atoms with E-state index in [2.05, 4.69) is 15.4 Å². The summed E-state index contributed by atoms with van der Waals surface area (Å²) in [6.07, 6.45) is 1.84. The van der Waals surface area contributed by atoms with Crippen LogP contribution in [0.4, 0.5) is 0 Å². The molecule has 7 heteroatoms. The summed E-state index contributed by atoms with van der Waals surface area (Å²) in [5, 5.41) is 7.17. The van der Waals surface area contributed by atoms with Crippen molar-refractivity contribution in [2.45, 2.75) is 26.4 Å². The molecule has 1 N–H and O–H groups in total. The molecule has 0 spiro atoms. The Morgan fingerprint density at radius 1 is 1.11 bits per heavy atom. The zero-order chi connectivity index (χ0) is 19.8. The Hall–Kier alpha value is -3.48. The lowest BCUT2D eigenvalue weighted by molar-refractivity contribution is -0.121. The van der Waals surface area contributed by atoms with Gasteiger partial charge in [0.1, 0.15) is 5.75 Å². The summed E-state index contributed by atoms with van der Waals surface area (Å²) in [7, 11) is 0. The number of rotatable bonds is 8. The van der Waals surface area contributed by atoms with Crippen molar-refractivity contribution in [3.05, 3.63) is 76.8 Å². The van der Waals surface area contributed by atoms with Gasteiger partial charge in [-0.3, -0.25) is 14.6 Å². The zero-order valence-electron chi connectivity index (χ0n) is 15.7. The molecule has 0 radical (unpaired) electrons. The molecule has 2 aromatic heterocycles. The maximum Gasteiger partial charge on any atom is 0.266 e. The van der Waals surface area contributed by atoms with Gasteiger partial charge < -0.3 is 10.1 Å². The second kappa shape index (κ2) is 9.45. The van der Waals surface area contributed by atoms with E-state index in [0.717, 1.165) is 17.0 Å². The van der Waals surface area contributed by atoms with Crippen LogP contribution in [-0.4, -0.2) is 27.3 Å². The standard InChI is InChI=1S/C21H22N4O3/c1-2-28-18-8-6-16(7-9-18)19-10-11-21(27)25(24-19)14-12-20(26)23-15-17-5-3-4-13-22-17/h3-11,13H,2,12,14-15H2,1H3,(H,23,26). The minimum Gasteiger partial charge on any atom is -0.494 e. The molecule has 28 heavy (non-hydrogen) atoms. The zero-order valence-corrected chi connectivity index (χ0v) is 15.7. The van der Waals surface area contributed by atoms with Gasteiger partial charge in [-0.25, -0.2) is 4.68 Å². The van der Waals surface area contributed by atoms with Crippen molar-refractivity contribution >= 4 is 5.91 Å². The smallest absolute Gasteiger partial charge is 0.266 e. The third-order valence-electron chi connectivity index (χ3n) is 4.07. The van der Waals surface area contributed by atoms with E-state index in [0.29, 0.717) is 18.8 Å². The van der Waals surface area contributed by atoms with Gasteiger partial charge in [0, 0.05) is 24.2 Å². The highest BCUT2D eigenvalue weighted by Crippen LogP contribution is 2.19. The molecule has 0 aliphatic heterocycles. The maximum absolute atomic E-state index is 12.1. The number of hydrogen-bond donors (Lipinski definition) is 1. The minimum atomic E-state index is -0.243. The Labute approximate surface area is 163 Å². The first-order valence-corrected chi connectivity index (χ1v) is 9.13. The highest BCUT2D eigenvalue weighted by atomic mass is 16.5. The predicted octanol–water partition coefficient (Wildman–Crippen LogP) is 2.41. The van der Waals surface area contributed by atoms with Gasteiger partial charge in [-0.15, -0.1) is 0 Å². The number of nitrogens with zero attached hydrogens (tertiary/aromatic N) is 3. The van der Waals surface area contributed by atoms with Crippen LogP contribution in [0, 0.1) is 0 Å². The normalized spacial score (nSPS) is 10.5. The Morgan fingerprint density at radius 2 is 1.93 bits per heavy atom. The number of pyridine rings is 1. The number of carbonyl (C=O) groups is 1. The first-order chi connectivity index (χ1) is 13.7. The number of amides is 1. The van der Waals surface area contributed by atoms with E-state index in [1.165, 1.54) is 10.7 Å². The lowest BCUT2D eigenvalue weighted by Gasteiger charge is -2.09. The second-order valence-corrected chi connectivity index (χ2v) is 6.09. The second-order valence-electron chi connectivity index (χ2n) is 6.09. The van der Waals surface area contributed by atoms with E-state index in [4.69, 9.17) is 4.74 Å². The first-order valence-electron chi connectivity index (χ1n) is 9.13. The van der Waals surface area contributed by atoms with E-state index < -0.39 is 0 Å². The van der Waals surface area contributed by atoms with Gasteiger partial charge in [0.25, 0.3) is 5.56 Å². The minimum absolute atomic E-state index is 0.159. The Kier molecular flexibility index (Phi) is 6.51. The van der Waals surface area contributed by atoms with Crippen LogP contribution in [0.2, 0.25) is 0 Å². The molecule has 0 unspecified atom stereocenters. The quantitative estimate of drug-likeness (QED) is 0.651. The van der Waals surface area contributed by atoms with Crippen molar-refractivity contribution in [2.24, 2.45) is 0 Å². The number of nitrogens with one attached hydrogen (secondary N) is 1. The molecule has 0 aliphatic carbocycles. The number of aromatic nitrogens is 3. The molecular formula is C21H22N4O3. The van der Waals surface area contributed by atoms with Crippen LogP contribution in [0.3, 0.4) is 0 Å². The summed E-state index contributed by atoms with van der Waals surface area (Å²) in [5.41, 5.74) is 2.07. The molecule has 0 saturated heterocycles. The SMILES string of the molecule is CCOc1ccc(-c2ccc(=O)n(CCC(=O)NCc3ccccn3)n2)cc1. The molecule has 1 amide bonds. The largest absolute Gasteiger partial charge is 0.494 e. The molecule has 144 valence electrons. The number of hydrogen-bond acceptors (Lipinski definition) is 5. The third kappa shape index (κ3) is 5.26. The highest BCUT2D eigenvalue weighted by molar-refractivity contribution is 5.75. The molecule has 2 heterocycles. The number of aryl methyl sites for hydroxylation is 1. The summed E-state index contributed by atoms with van der Waals surface area (Å²) >= 11 is 0. The van der Waals surface area contributed by atoms with Crippen LogP contribution in [0.15, 0.2) is 65.6 Å². The van der Waals surface area contributed by atoms with Gasteiger partial charge in [-0.2, -0.15) is 5.10 Å². The molecule has 1 aromatic carbocycles. The van der Waals surface area contributed by atoms with E-state index >= 15 is 0 Å². The fourth-order valence-electron chi connectivity index (χ4n) is 2.64. The van der Waals surface area contributed by atoms with Gasteiger partial charge in [0.05, 0.1) is 31.1 Å². The summed E-state index contributed by atoms with van der Waals surface area (Å²) < 4.78 is 6.75. The van der Waals surface area contributed by atoms with Crippen molar-refractivity contribution in [1.29, 1.82) is 0 Å². The summed E-state index contributed by atoms with van der Waals surface area (Å²) in [4.78, 5) is 28.3. The number of ether oxygens (including phenoxy) is 1. The molecule has 0 fully saturated rings. The van der Waals surface area contributed by atoms with E-state index in [-0.39, 0.29) is 24.4 Å². The van der Waals surface area contributed by atoms with Crippen LogP contribution in [0.1, 0.15) is 19.0 Å². The maximum atomic E-state index is 12.1. The molecule has 0 aliphatic rings. The van der Waals surface area contributed by atoms with Gasteiger partial charge in [-0.05, 0) is 49.4 Å². The first kappa shape index (κ1) is 19.3. The van der Waals surface area contributed by atoms with Crippen molar-refractivity contribution in [1.82, 2.24) is 20.1 Å². The summed E-state index contributed by atoms with van der Waals surface area (Å²) in [6, 6.07) is 16.2. The molecule has 3 rings (SSSR count). The summed E-state index contributed by atoms with van der Waals surface area (Å²) in [5.74, 6) is 0.620. The van der Waals surface area contributed by atoms with Gasteiger partial charge in [-0.1, -0.05) is 6.07 Å². The topological polar surface area (TPSA) is 86.1 Å². The average Bonchev–Trinajstić information content (AvgIpc) is 2.73. The lowest BCUT2D eigenvalue weighted by atomic mass is 10.1. The van der Waals surface area contributed by atoms with E-state index in [1.54, 1.807) is 12.3 Å². The molecule has 0 saturated carbocycles. The molecule has 0 bridgehead atoms. The van der Waals surface area contributed by atoms with E-state index in [9.17, 15) is 9.59 Å². The van der Waals surface area contributed by atoms with Crippen molar-refractivity contribution in [3.8, 4) is 17.0 Å². The summed E-state index contributed by atoms with van der Waals surface area (Å²) in [6.45, 7) is 3.09. The Morgan fingerprint density at radius 3 is 2.64 bits per heavy atom. The monoisotopic (exact) mass is 378 g/mol. The van der Waals surface area contributed by atoms with Crippen LogP contribution in [0.25, 0.3) is 11.3 Å². The van der Waals surface area contributed by atoms with Gasteiger partial charge >= 0.3 is 0 Å². The fraction of sp³-hybridized carbons (Fsp3) is 0.238. The molecule has 0 atom stereocenters. The Balaban J connectivity index is 1.61. The van der Waals surface area contributed by atoms with Gasteiger partial charge in [0.15, 0.2) is 0 Å². The number of carbonyl (C=O) groups excluding carboxylic acids is 1. The highest BCUT2D eigenvalue weighted by Gasteiger charge is 2.07. The Bertz CT molecular complexity index is 969. The third-order valence-corrected chi connectivity index (χ3v) is 4.07. The predicted molar refractivity (Wildman–Crippen MR) is 106 cm³/mol.